The number of benzene rings is 1. The van der Waals surface area contributed by atoms with E-state index in [1.54, 1.807) is 0 Å². The van der Waals surface area contributed by atoms with E-state index in [0.717, 1.165) is 25.9 Å². The molecule has 0 aliphatic carbocycles. The van der Waals surface area contributed by atoms with Crippen molar-refractivity contribution in [3.05, 3.63) is 35.4 Å². The summed E-state index contributed by atoms with van der Waals surface area (Å²) in [5.74, 6) is -0.442. The van der Waals surface area contributed by atoms with Gasteiger partial charge < -0.3 is 5.11 Å². The predicted molar refractivity (Wildman–Crippen MR) is 71.4 cm³/mol. The van der Waals surface area contributed by atoms with Crippen molar-refractivity contribution in [3.8, 4) is 0 Å². The van der Waals surface area contributed by atoms with Crippen molar-refractivity contribution in [2.45, 2.75) is 39.3 Å². The van der Waals surface area contributed by atoms with Crippen molar-refractivity contribution < 1.29 is 9.90 Å². The molecule has 0 bridgehead atoms. The number of rotatable bonds is 4. The normalized spacial score (nSPS) is 24.3. The second kappa shape index (κ2) is 5.53. The van der Waals surface area contributed by atoms with E-state index >= 15 is 0 Å². The molecule has 1 heterocycles. The molecule has 1 fully saturated rings. The third kappa shape index (κ3) is 2.72. The van der Waals surface area contributed by atoms with Crippen LogP contribution in [-0.4, -0.2) is 28.6 Å². The highest BCUT2D eigenvalue weighted by Crippen LogP contribution is 2.25. The van der Waals surface area contributed by atoms with Crippen LogP contribution in [-0.2, 0) is 17.8 Å². The topological polar surface area (TPSA) is 40.5 Å². The molecule has 1 aromatic rings. The van der Waals surface area contributed by atoms with Crippen molar-refractivity contribution in [1.82, 2.24) is 4.90 Å². The third-order valence-electron chi connectivity index (χ3n) is 3.87. The van der Waals surface area contributed by atoms with Crippen LogP contribution in [0, 0.1) is 5.92 Å². The molecule has 2 rings (SSSR count). The van der Waals surface area contributed by atoms with Crippen LogP contribution in [0.2, 0.25) is 0 Å². The molecule has 0 spiro atoms. The lowest BCUT2D eigenvalue weighted by Crippen LogP contribution is -2.38. The van der Waals surface area contributed by atoms with E-state index in [1.165, 1.54) is 11.1 Å². The lowest BCUT2D eigenvalue weighted by atomic mass is 10.0. The molecule has 0 aromatic heterocycles. The van der Waals surface area contributed by atoms with Gasteiger partial charge in [-0.2, -0.15) is 0 Å². The zero-order valence-electron chi connectivity index (χ0n) is 11.1. The molecular weight excluding hydrogens is 226 g/mol. The van der Waals surface area contributed by atoms with Crippen LogP contribution in [0.1, 0.15) is 31.4 Å². The van der Waals surface area contributed by atoms with Gasteiger partial charge in [-0.25, -0.2) is 0 Å². The summed E-state index contributed by atoms with van der Waals surface area (Å²) in [6, 6.07) is 8.16. The minimum Gasteiger partial charge on any atom is -0.480 e. The number of carboxylic acid groups (broad SMARTS) is 1. The summed E-state index contributed by atoms with van der Waals surface area (Å²) in [7, 11) is 0. The molecule has 1 aromatic carbocycles. The number of carbonyl (C=O) groups is 1. The van der Waals surface area contributed by atoms with Crippen LogP contribution in [0.5, 0.6) is 0 Å². The summed E-state index contributed by atoms with van der Waals surface area (Å²) in [5.41, 5.74) is 2.52. The summed E-state index contributed by atoms with van der Waals surface area (Å²) >= 11 is 0. The molecule has 0 radical (unpaired) electrons. The fourth-order valence-electron chi connectivity index (χ4n) is 2.72. The van der Waals surface area contributed by atoms with E-state index in [1.807, 2.05) is 6.92 Å². The first-order chi connectivity index (χ1) is 8.61. The smallest absolute Gasteiger partial charge is 0.321 e. The molecule has 1 aliphatic rings. The third-order valence-corrected chi connectivity index (χ3v) is 3.87. The van der Waals surface area contributed by atoms with E-state index in [-0.39, 0.29) is 12.0 Å². The Kier molecular flexibility index (Phi) is 4.02. The lowest BCUT2D eigenvalue weighted by Gasteiger charge is -2.23. The molecule has 1 aliphatic heterocycles. The van der Waals surface area contributed by atoms with E-state index in [9.17, 15) is 9.90 Å². The van der Waals surface area contributed by atoms with Gasteiger partial charge >= 0.3 is 5.97 Å². The minimum absolute atomic E-state index is 0.248. The highest BCUT2D eigenvalue weighted by molar-refractivity contribution is 5.74. The Hall–Kier alpha value is -1.35. The molecule has 3 nitrogen and oxygen atoms in total. The second-order valence-electron chi connectivity index (χ2n) is 5.19. The number of hydrogen-bond acceptors (Lipinski definition) is 2. The Morgan fingerprint density at radius 1 is 1.33 bits per heavy atom. The van der Waals surface area contributed by atoms with Crippen LogP contribution in [0.25, 0.3) is 0 Å². The molecule has 0 saturated carbocycles. The Balaban J connectivity index is 2.06. The first-order valence-electron chi connectivity index (χ1n) is 6.66. The van der Waals surface area contributed by atoms with Gasteiger partial charge in [0, 0.05) is 6.54 Å². The lowest BCUT2D eigenvalue weighted by molar-refractivity contribution is -0.143. The van der Waals surface area contributed by atoms with Crippen LogP contribution < -0.4 is 0 Å². The Labute approximate surface area is 108 Å². The summed E-state index contributed by atoms with van der Waals surface area (Å²) in [6.45, 7) is 5.79. The largest absolute Gasteiger partial charge is 0.480 e. The maximum Gasteiger partial charge on any atom is 0.321 e. The molecule has 2 atom stereocenters. The first kappa shape index (κ1) is 13.1. The molecule has 2 unspecified atom stereocenters. The van der Waals surface area contributed by atoms with Gasteiger partial charge in [-0.1, -0.05) is 38.1 Å². The van der Waals surface area contributed by atoms with Crippen LogP contribution >= 0.6 is 0 Å². The number of carboxylic acids is 1. The predicted octanol–water partition coefficient (Wildman–Crippen LogP) is 2.54. The summed E-state index contributed by atoms with van der Waals surface area (Å²) in [6.07, 6.45) is 2.02. The number of hydrogen-bond donors (Lipinski definition) is 1. The molecule has 1 N–H and O–H groups in total. The first-order valence-corrected chi connectivity index (χ1v) is 6.66. The summed E-state index contributed by atoms with van der Waals surface area (Å²) in [5, 5.41) is 9.27. The average molecular weight is 247 g/mol. The number of likely N-dealkylation sites (tertiary alicyclic amines) is 1. The Morgan fingerprint density at radius 3 is 2.50 bits per heavy atom. The molecule has 18 heavy (non-hydrogen) atoms. The van der Waals surface area contributed by atoms with Crippen molar-refractivity contribution in [2.75, 3.05) is 6.54 Å². The average Bonchev–Trinajstić information content (AvgIpc) is 2.71. The van der Waals surface area contributed by atoms with Crippen molar-refractivity contribution >= 4 is 5.97 Å². The monoisotopic (exact) mass is 247 g/mol. The zero-order valence-corrected chi connectivity index (χ0v) is 11.1. The molecule has 3 heteroatoms. The number of aliphatic carboxylic acids is 1. The standard InChI is InChI=1S/C15H21NO2/c1-3-12-4-6-13(7-5-12)10-16-9-8-11(2)14(16)15(17)18/h4-7,11,14H,3,8-10H2,1-2H3,(H,17,18). The quantitative estimate of drug-likeness (QED) is 0.889. The van der Waals surface area contributed by atoms with E-state index in [4.69, 9.17) is 0 Å². The van der Waals surface area contributed by atoms with Crippen molar-refractivity contribution in [2.24, 2.45) is 5.92 Å². The van der Waals surface area contributed by atoms with Gasteiger partial charge in [0.05, 0.1) is 0 Å². The zero-order chi connectivity index (χ0) is 13.1. The molecular formula is C15H21NO2. The van der Waals surface area contributed by atoms with E-state index < -0.39 is 5.97 Å². The molecule has 0 amide bonds. The minimum atomic E-state index is -0.690. The van der Waals surface area contributed by atoms with Gasteiger partial charge in [-0.05, 0) is 36.4 Å². The second-order valence-corrected chi connectivity index (χ2v) is 5.19. The van der Waals surface area contributed by atoms with Crippen LogP contribution in [0.3, 0.4) is 0 Å². The van der Waals surface area contributed by atoms with Gasteiger partial charge in [0.1, 0.15) is 6.04 Å². The fourth-order valence-corrected chi connectivity index (χ4v) is 2.72. The fraction of sp³-hybridized carbons (Fsp3) is 0.533. The molecule has 1 saturated heterocycles. The summed E-state index contributed by atoms with van der Waals surface area (Å²) in [4.78, 5) is 13.3. The van der Waals surface area contributed by atoms with Crippen molar-refractivity contribution in [3.63, 3.8) is 0 Å². The SMILES string of the molecule is CCc1ccc(CN2CCC(C)C2C(=O)O)cc1. The van der Waals surface area contributed by atoms with Gasteiger partial charge in [0.25, 0.3) is 0 Å². The van der Waals surface area contributed by atoms with Crippen LogP contribution in [0.4, 0.5) is 0 Å². The maximum atomic E-state index is 11.3. The van der Waals surface area contributed by atoms with E-state index in [0.29, 0.717) is 0 Å². The molecule has 98 valence electrons. The summed E-state index contributed by atoms with van der Waals surface area (Å²) < 4.78 is 0. The number of nitrogens with zero attached hydrogens (tertiary/aromatic N) is 1. The Morgan fingerprint density at radius 2 is 1.94 bits per heavy atom. The van der Waals surface area contributed by atoms with Crippen LogP contribution in [0.15, 0.2) is 24.3 Å². The highest BCUT2D eigenvalue weighted by atomic mass is 16.4. The maximum absolute atomic E-state index is 11.3. The number of aryl methyl sites for hydroxylation is 1. The van der Waals surface area contributed by atoms with Crippen molar-refractivity contribution in [1.29, 1.82) is 0 Å². The highest BCUT2D eigenvalue weighted by Gasteiger charge is 2.36. The van der Waals surface area contributed by atoms with Gasteiger partial charge in [-0.3, -0.25) is 9.69 Å². The van der Waals surface area contributed by atoms with Gasteiger partial charge in [0.2, 0.25) is 0 Å². The van der Waals surface area contributed by atoms with Gasteiger partial charge in [-0.15, -0.1) is 0 Å². The Bertz CT molecular complexity index is 413. The van der Waals surface area contributed by atoms with Gasteiger partial charge in [0.15, 0.2) is 0 Å². The van der Waals surface area contributed by atoms with E-state index in [2.05, 4.69) is 36.1 Å².